The number of aliphatic hydroxyl groups excluding tert-OH is 1. The summed E-state index contributed by atoms with van der Waals surface area (Å²) >= 11 is 0. The lowest BCUT2D eigenvalue weighted by Crippen LogP contribution is -2.07. The molecule has 0 aliphatic rings. The third kappa shape index (κ3) is 3.05. The molecule has 0 saturated carbocycles. The predicted molar refractivity (Wildman–Crippen MR) is 80.5 cm³/mol. The lowest BCUT2D eigenvalue weighted by molar-refractivity contribution is 0.0978. The average molecular weight is 284 g/mol. The molecule has 0 spiro atoms. The van der Waals surface area contributed by atoms with E-state index in [-0.39, 0.29) is 17.1 Å². The fraction of sp³-hybridized carbons (Fsp3) is 0.118. The first-order chi connectivity index (χ1) is 9.90. The second kappa shape index (κ2) is 5.71. The fourth-order valence-corrected chi connectivity index (χ4v) is 2.03. The van der Waals surface area contributed by atoms with E-state index in [0.717, 1.165) is 0 Å². The molecule has 0 radical (unpaired) electrons. The first-order valence-corrected chi connectivity index (χ1v) is 6.43. The van der Waals surface area contributed by atoms with Gasteiger partial charge in [0.05, 0.1) is 0 Å². The SMILES string of the molecule is C/C(=C(/O)C(=O)c1cc(O)ccc1C)c1cccc(O)c1. The maximum atomic E-state index is 12.3. The number of hydrogen-bond donors (Lipinski definition) is 3. The minimum atomic E-state index is -0.566. The largest absolute Gasteiger partial charge is 0.508 e. The van der Waals surface area contributed by atoms with E-state index in [0.29, 0.717) is 16.7 Å². The van der Waals surface area contributed by atoms with Crippen molar-refractivity contribution in [1.29, 1.82) is 0 Å². The molecule has 0 bridgehead atoms. The van der Waals surface area contributed by atoms with Gasteiger partial charge in [-0.15, -0.1) is 0 Å². The third-order valence-corrected chi connectivity index (χ3v) is 3.32. The molecule has 0 unspecified atom stereocenters. The number of allylic oxidation sites excluding steroid dienone is 2. The van der Waals surface area contributed by atoms with E-state index >= 15 is 0 Å². The Morgan fingerprint density at radius 3 is 2.33 bits per heavy atom. The van der Waals surface area contributed by atoms with Gasteiger partial charge in [0.1, 0.15) is 11.5 Å². The summed E-state index contributed by atoms with van der Waals surface area (Å²) in [5.74, 6) is -0.953. The summed E-state index contributed by atoms with van der Waals surface area (Å²) in [5, 5.41) is 29.1. The number of phenolic OH excluding ortho intramolecular Hbond substituents is 2. The lowest BCUT2D eigenvalue weighted by atomic mass is 9.98. The summed E-state index contributed by atoms with van der Waals surface area (Å²) in [7, 11) is 0. The van der Waals surface area contributed by atoms with Gasteiger partial charge in [-0.05, 0) is 49.2 Å². The van der Waals surface area contributed by atoms with Crippen molar-refractivity contribution in [3.63, 3.8) is 0 Å². The molecule has 0 aromatic heterocycles. The maximum absolute atomic E-state index is 12.3. The number of Topliss-reactive ketones (excluding diaryl/α,β-unsaturated/α-hetero) is 1. The van der Waals surface area contributed by atoms with Crippen molar-refractivity contribution in [1.82, 2.24) is 0 Å². The second-order valence-corrected chi connectivity index (χ2v) is 4.85. The molecule has 21 heavy (non-hydrogen) atoms. The minimum absolute atomic E-state index is 0.0354. The third-order valence-electron chi connectivity index (χ3n) is 3.32. The van der Waals surface area contributed by atoms with Gasteiger partial charge in [0.2, 0.25) is 5.78 Å². The van der Waals surface area contributed by atoms with Crippen LogP contribution in [-0.2, 0) is 0 Å². The number of ketones is 1. The first kappa shape index (κ1) is 14.7. The van der Waals surface area contributed by atoms with Gasteiger partial charge in [0, 0.05) is 11.1 Å². The van der Waals surface area contributed by atoms with Crippen molar-refractivity contribution in [2.75, 3.05) is 0 Å². The summed E-state index contributed by atoms with van der Waals surface area (Å²) in [4.78, 5) is 12.3. The highest BCUT2D eigenvalue weighted by molar-refractivity contribution is 6.12. The van der Waals surface area contributed by atoms with Gasteiger partial charge in [-0.25, -0.2) is 0 Å². The molecule has 4 heteroatoms. The number of aliphatic hydroxyl groups is 1. The molecular formula is C17H16O4. The van der Waals surface area contributed by atoms with Gasteiger partial charge < -0.3 is 15.3 Å². The molecule has 0 saturated heterocycles. The Labute approximate surface area is 122 Å². The van der Waals surface area contributed by atoms with E-state index in [4.69, 9.17) is 0 Å². The standard InChI is InChI=1S/C17H16O4/c1-10-6-7-14(19)9-15(10)17(21)16(20)11(2)12-4-3-5-13(18)8-12/h3-9,18-20H,1-2H3/b16-11-. The smallest absolute Gasteiger partial charge is 0.227 e. The van der Waals surface area contributed by atoms with Crippen molar-refractivity contribution in [3.05, 3.63) is 64.9 Å². The predicted octanol–water partition coefficient (Wildman–Crippen LogP) is 3.58. The summed E-state index contributed by atoms with van der Waals surface area (Å²) in [6, 6.07) is 10.7. The van der Waals surface area contributed by atoms with Crippen LogP contribution in [0.1, 0.15) is 28.4 Å². The molecule has 3 N–H and O–H groups in total. The van der Waals surface area contributed by atoms with E-state index in [1.807, 2.05) is 0 Å². The van der Waals surface area contributed by atoms with Crippen LogP contribution in [0.5, 0.6) is 11.5 Å². The average Bonchev–Trinajstić information content (AvgIpc) is 2.47. The summed E-state index contributed by atoms with van der Waals surface area (Å²) in [5.41, 5.74) is 1.82. The van der Waals surface area contributed by atoms with Gasteiger partial charge in [-0.1, -0.05) is 18.2 Å². The topological polar surface area (TPSA) is 77.8 Å². The molecule has 0 aliphatic heterocycles. The maximum Gasteiger partial charge on any atom is 0.227 e. The van der Waals surface area contributed by atoms with E-state index in [1.54, 1.807) is 32.0 Å². The molecule has 0 aliphatic carbocycles. The molecule has 2 aromatic rings. The Hall–Kier alpha value is -2.75. The zero-order chi connectivity index (χ0) is 15.6. The van der Waals surface area contributed by atoms with Gasteiger partial charge in [-0.2, -0.15) is 0 Å². The quantitative estimate of drug-likeness (QED) is 0.457. The van der Waals surface area contributed by atoms with E-state index in [1.165, 1.54) is 24.3 Å². The Morgan fingerprint density at radius 1 is 1.00 bits per heavy atom. The van der Waals surface area contributed by atoms with Crippen LogP contribution in [0.2, 0.25) is 0 Å². The Balaban J connectivity index is 2.46. The number of phenols is 2. The van der Waals surface area contributed by atoms with Crippen molar-refractivity contribution in [2.24, 2.45) is 0 Å². The van der Waals surface area contributed by atoms with Crippen LogP contribution in [0.15, 0.2) is 48.2 Å². The van der Waals surface area contributed by atoms with E-state index in [9.17, 15) is 20.1 Å². The van der Waals surface area contributed by atoms with Crippen molar-refractivity contribution >= 4 is 11.4 Å². The van der Waals surface area contributed by atoms with Crippen molar-refractivity contribution in [2.45, 2.75) is 13.8 Å². The molecule has 0 fully saturated rings. The Morgan fingerprint density at radius 2 is 1.67 bits per heavy atom. The number of hydrogen-bond acceptors (Lipinski definition) is 4. The summed E-state index contributed by atoms with van der Waals surface area (Å²) in [6.45, 7) is 3.32. The molecule has 0 atom stereocenters. The second-order valence-electron chi connectivity index (χ2n) is 4.85. The molecule has 4 nitrogen and oxygen atoms in total. The highest BCUT2D eigenvalue weighted by Gasteiger charge is 2.17. The van der Waals surface area contributed by atoms with Gasteiger partial charge in [0.15, 0.2) is 5.76 Å². The molecule has 108 valence electrons. The molecule has 0 amide bonds. The minimum Gasteiger partial charge on any atom is -0.508 e. The lowest BCUT2D eigenvalue weighted by Gasteiger charge is -2.09. The zero-order valence-corrected chi connectivity index (χ0v) is 11.8. The zero-order valence-electron chi connectivity index (χ0n) is 11.8. The van der Waals surface area contributed by atoms with Crippen LogP contribution in [-0.4, -0.2) is 21.1 Å². The number of carbonyl (C=O) groups is 1. The van der Waals surface area contributed by atoms with Crippen LogP contribution in [0.3, 0.4) is 0 Å². The molecule has 2 rings (SSSR count). The van der Waals surface area contributed by atoms with Gasteiger partial charge in [-0.3, -0.25) is 4.79 Å². The Bertz CT molecular complexity index is 729. The van der Waals surface area contributed by atoms with Crippen LogP contribution in [0.4, 0.5) is 0 Å². The summed E-state index contributed by atoms with van der Waals surface area (Å²) < 4.78 is 0. The normalized spacial score (nSPS) is 11.9. The number of aryl methyl sites for hydroxylation is 1. The number of carbonyl (C=O) groups excluding carboxylic acids is 1. The van der Waals surface area contributed by atoms with E-state index in [2.05, 4.69) is 0 Å². The van der Waals surface area contributed by atoms with Crippen LogP contribution < -0.4 is 0 Å². The highest BCUT2D eigenvalue weighted by Crippen LogP contribution is 2.25. The van der Waals surface area contributed by atoms with Gasteiger partial charge >= 0.3 is 0 Å². The monoisotopic (exact) mass is 284 g/mol. The Kier molecular flexibility index (Phi) is 3.98. The fourth-order valence-electron chi connectivity index (χ4n) is 2.03. The molecule has 2 aromatic carbocycles. The van der Waals surface area contributed by atoms with Crippen molar-refractivity contribution < 1.29 is 20.1 Å². The number of rotatable bonds is 3. The van der Waals surface area contributed by atoms with Crippen LogP contribution in [0.25, 0.3) is 5.57 Å². The molecule has 0 heterocycles. The first-order valence-electron chi connectivity index (χ1n) is 6.43. The van der Waals surface area contributed by atoms with E-state index < -0.39 is 11.5 Å². The van der Waals surface area contributed by atoms with Crippen LogP contribution in [0, 0.1) is 6.92 Å². The van der Waals surface area contributed by atoms with Crippen molar-refractivity contribution in [3.8, 4) is 11.5 Å². The summed E-state index contributed by atoms with van der Waals surface area (Å²) in [6.07, 6.45) is 0. The highest BCUT2D eigenvalue weighted by atomic mass is 16.3. The van der Waals surface area contributed by atoms with Gasteiger partial charge in [0.25, 0.3) is 0 Å². The molecular weight excluding hydrogens is 268 g/mol. The number of aromatic hydroxyl groups is 2. The number of benzene rings is 2. The van der Waals surface area contributed by atoms with Crippen LogP contribution >= 0.6 is 0 Å².